The zero-order valence-electron chi connectivity index (χ0n) is 12.0. The Labute approximate surface area is 133 Å². The molecule has 1 fully saturated rings. The third kappa shape index (κ3) is 2.30. The van der Waals surface area contributed by atoms with Crippen molar-refractivity contribution in [3.8, 4) is 0 Å². The standard InChI is InChI=1S/C17H14ClN3O/c1-10-14(11-5-7-12(18)8-6-11)15(13-4-2-3-9-19-13)16-17(22-16)21-20-10/h2-9,16-17,21H,1H3. The summed E-state index contributed by atoms with van der Waals surface area (Å²) in [6, 6.07) is 13.7. The monoisotopic (exact) mass is 311 g/mol. The molecule has 0 radical (unpaired) electrons. The molecule has 1 saturated heterocycles. The number of pyridine rings is 1. The topological polar surface area (TPSA) is 49.8 Å². The van der Waals surface area contributed by atoms with Crippen molar-refractivity contribution in [2.75, 3.05) is 0 Å². The van der Waals surface area contributed by atoms with Crippen molar-refractivity contribution in [1.29, 1.82) is 0 Å². The highest BCUT2D eigenvalue weighted by molar-refractivity contribution is 6.32. The molecule has 110 valence electrons. The summed E-state index contributed by atoms with van der Waals surface area (Å²) < 4.78 is 5.71. The Kier molecular flexibility index (Phi) is 3.21. The Morgan fingerprint density at radius 3 is 2.68 bits per heavy atom. The van der Waals surface area contributed by atoms with Gasteiger partial charge in [-0.25, -0.2) is 0 Å². The largest absolute Gasteiger partial charge is 0.341 e. The lowest BCUT2D eigenvalue weighted by Crippen LogP contribution is -2.12. The van der Waals surface area contributed by atoms with Gasteiger partial charge < -0.3 is 4.74 Å². The SMILES string of the molecule is CC1=NNC2OC2C(c2ccccn2)=C1c1ccc(Cl)cc1. The van der Waals surface area contributed by atoms with Gasteiger partial charge in [-0.05, 0) is 36.8 Å². The van der Waals surface area contributed by atoms with Crippen LogP contribution in [0.3, 0.4) is 0 Å². The molecule has 4 rings (SSSR count). The number of aromatic nitrogens is 1. The van der Waals surface area contributed by atoms with Gasteiger partial charge in [-0.15, -0.1) is 0 Å². The zero-order chi connectivity index (χ0) is 15.1. The molecule has 0 bridgehead atoms. The summed E-state index contributed by atoms with van der Waals surface area (Å²) in [5.74, 6) is 0. The number of hydrogen-bond donors (Lipinski definition) is 1. The Morgan fingerprint density at radius 2 is 1.95 bits per heavy atom. The first-order valence-electron chi connectivity index (χ1n) is 7.11. The fourth-order valence-electron chi connectivity index (χ4n) is 2.76. The minimum atomic E-state index is -0.0724. The van der Waals surface area contributed by atoms with Crippen molar-refractivity contribution in [2.45, 2.75) is 19.3 Å². The molecule has 1 N–H and O–H groups in total. The van der Waals surface area contributed by atoms with Crippen molar-refractivity contribution in [1.82, 2.24) is 10.4 Å². The highest BCUT2D eigenvalue weighted by Gasteiger charge is 2.46. The van der Waals surface area contributed by atoms with Gasteiger partial charge in [0.05, 0.1) is 11.4 Å². The third-order valence-corrected chi connectivity index (χ3v) is 4.09. The molecular formula is C17H14ClN3O. The average Bonchev–Trinajstić information content (AvgIpc) is 3.31. The van der Waals surface area contributed by atoms with E-state index >= 15 is 0 Å². The number of halogens is 1. The van der Waals surface area contributed by atoms with Crippen LogP contribution in [0.5, 0.6) is 0 Å². The number of epoxide rings is 1. The highest BCUT2D eigenvalue weighted by atomic mass is 35.5. The molecule has 0 aliphatic carbocycles. The molecule has 1 aromatic carbocycles. The summed E-state index contributed by atoms with van der Waals surface area (Å²) in [6.45, 7) is 1.99. The maximum Gasteiger partial charge on any atom is 0.174 e. The van der Waals surface area contributed by atoms with Gasteiger partial charge in [-0.2, -0.15) is 5.10 Å². The molecule has 3 heterocycles. The van der Waals surface area contributed by atoms with Crippen LogP contribution < -0.4 is 5.43 Å². The van der Waals surface area contributed by atoms with Gasteiger partial charge >= 0.3 is 0 Å². The minimum Gasteiger partial charge on any atom is -0.341 e. The van der Waals surface area contributed by atoms with E-state index in [1.165, 1.54) is 0 Å². The number of hydrazone groups is 1. The predicted octanol–water partition coefficient (Wildman–Crippen LogP) is 3.35. The predicted molar refractivity (Wildman–Crippen MR) is 87.4 cm³/mol. The first-order valence-corrected chi connectivity index (χ1v) is 7.49. The molecule has 2 aliphatic heterocycles. The highest BCUT2D eigenvalue weighted by Crippen LogP contribution is 2.40. The molecule has 2 unspecified atom stereocenters. The van der Waals surface area contributed by atoms with E-state index in [0.717, 1.165) is 28.1 Å². The van der Waals surface area contributed by atoms with E-state index < -0.39 is 0 Å². The lowest BCUT2D eigenvalue weighted by Gasteiger charge is -2.13. The van der Waals surface area contributed by atoms with Crippen molar-refractivity contribution < 1.29 is 4.74 Å². The van der Waals surface area contributed by atoms with E-state index in [1.807, 2.05) is 49.4 Å². The molecule has 0 amide bonds. The number of fused-ring (bicyclic) bond motifs is 1. The van der Waals surface area contributed by atoms with Crippen LogP contribution in [0.2, 0.25) is 5.02 Å². The maximum absolute atomic E-state index is 6.01. The quantitative estimate of drug-likeness (QED) is 0.865. The van der Waals surface area contributed by atoms with Crippen LogP contribution in [-0.4, -0.2) is 23.0 Å². The second-order valence-electron chi connectivity index (χ2n) is 5.31. The number of nitrogens with zero attached hydrogens (tertiary/aromatic N) is 2. The summed E-state index contributed by atoms with van der Waals surface area (Å²) >= 11 is 6.01. The van der Waals surface area contributed by atoms with Gasteiger partial charge in [0.1, 0.15) is 6.10 Å². The molecule has 1 aromatic heterocycles. The van der Waals surface area contributed by atoms with Crippen LogP contribution in [-0.2, 0) is 4.74 Å². The Hall–Kier alpha value is -2.17. The van der Waals surface area contributed by atoms with Crippen LogP contribution in [0.25, 0.3) is 11.1 Å². The molecule has 4 nitrogen and oxygen atoms in total. The summed E-state index contributed by atoms with van der Waals surface area (Å²) in [6.07, 6.45) is 1.70. The number of allylic oxidation sites excluding steroid dienone is 1. The fourth-order valence-corrected chi connectivity index (χ4v) is 2.89. The molecule has 2 atom stereocenters. The molecule has 2 aliphatic rings. The lowest BCUT2D eigenvalue weighted by atomic mass is 9.92. The summed E-state index contributed by atoms with van der Waals surface area (Å²) in [4.78, 5) is 4.50. The molecule has 2 aromatic rings. The Balaban J connectivity index is 1.95. The van der Waals surface area contributed by atoms with E-state index in [9.17, 15) is 0 Å². The lowest BCUT2D eigenvalue weighted by molar-refractivity contribution is 0.362. The van der Waals surface area contributed by atoms with Gasteiger partial charge in [0.15, 0.2) is 6.23 Å². The molecule has 5 heteroatoms. The van der Waals surface area contributed by atoms with Crippen LogP contribution in [0.1, 0.15) is 18.2 Å². The van der Waals surface area contributed by atoms with E-state index in [4.69, 9.17) is 16.3 Å². The van der Waals surface area contributed by atoms with Gasteiger partial charge in [0.25, 0.3) is 0 Å². The normalized spacial score (nSPS) is 23.3. The number of hydrogen-bond acceptors (Lipinski definition) is 4. The summed E-state index contributed by atoms with van der Waals surface area (Å²) in [5, 5.41) is 5.14. The Morgan fingerprint density at radius 1 is 1.14 bits per heavy atom. The second-order valence-corrected chi connectivity index (χ2v) is 5.75. The van der Waals surface area contributed by atoms with E-state index in [1.54, 1.807) is 6.20 Å². The van der Waals surface area contributed by atoms with Crippen LogP contribution in [0.4, 0.5) is 0 Å². The van der Waals surface area contributed by atoms with E-state index in [0.29, 0.717) is 5.02 Å². The first-order chi connectivity index (χ1) is 10.7. The molecular weight excluding hydrogens is 298 g/mol. The van der Waals surface area contributed by atoms with Crippen LogP contribution >= 0.6 is 11.6 Å². The maximum atomic E-state index is 6.01. The minimum absolute atomic E-state index is 0.0261. The van der Waals surface area contributed by atoms with Gasteiger partial charge in [0, 0.05) is 22.4 Å². The fraction of sp³-hybridized carbons (Fsp3) is 0.176. The number of benzene rings is 1. The van der Waals surface area contributed by atoms with Crippen LogP contribution in [0, 0.1) is 0 Å². The summed E-state index contributed by atoms with van der Waals surface area (Å²) in [7, 11) is 0. The zero-order valence-corrected chi connectivity index (χ0v) is 12.7. The number of nitrogens with one attached hydrogen (secondary N) is 1. The molecule has 22 heavy (non-hydrogen) atoms. The number of rotatable bonds is 2. The number of ether oxygens (including phenoxy) is 1. The van der Waals surface area contributed by atoms with E-state index in [2.05, 4.69) is 15.5 Å². The van der Waals surface area contributed by atoms with Crippen molar-refractivity contribution in [2.24, 2.45) is 5.10 Å². The van der Waals surface area contributed by atoms with Crippen molar-refractivity contribution >= 4 is 28.5 Å². The average molecular weight is 312 g/mol. The molecule has 0 saturated carbocycles. The second kappa shape index (κ2) is 5.23. The first kappa shape index (κ1) is 13.5. The van der Waals surface area contributed by atoms with Crippen molar-refractivity contribution in [3.63, 3.8) is 0 Å². The van der Waals surface area contributed by atoms with Gasteiger partial charge in [-0.3, -0.25) is 10.4 Å². The molecule has 0 spiro atoms. The Bertz CT molecular complexity index is 768. The van der Waals surface area contributed by atoms with Gasteiger partial charge in [0.2, 0.25) is 0 Å². The smallest absolute Gasteiger partial charge is 0.174 e. The van der Waals surface area contributed by atoms with Gasteiger partial charge in [-0.1, -0.05) is 29.8 Å². The van der Waals surface area contributed by atoms with Crippen molar-refractivity contribution in [3.05, 3.63) is 64.9 Å². The third-order valence-electron chi connectivity index (χ3n) is 3.84. The summed E-state index contributed by atoms with van der Waals surface area (Å²) in [5.41, 5.74) is 8.06. The van der Waals surface area contributed by atoms with E-state index in [-0.39, 0.29) is 12.3 Å². The van der Waals surface area contributed by atoms with Crippen LogP contribution in [0.15, 0.2) is 53.8 Å².